The SMILES string of the molecule is O=C(CCN1CCOC(C2CCCO2)C1)c1ccc(F)cc1. The molecule has 2 aliphatic heterocycles. The van der Waals surface area contributed by atoms with Gasteiger partial charge in [-0.1, -0.05) is 0 Å². The van der Waals surface area contributed by atoms with Gasteiger partial charge >= 0.3 is 0 Å². The fraction of sp³-hybridized carbons (Fsp3) is 0.588. The number of hydrogen-bond acceptors (Lipinski definition) is 4. The number of Topliss-reactive ketones (excluding diaryl/α,β-unsaturated/α-hetero) is 1. The van der Waals surface area contributed by atoms with Crippen molar-refractivity contribution in [3.05, 3.63) is 35.6 Å². The maximum atomic E-state index is 12.9. The maximum absolute atomic E-state index is 12.9. The van der Waals surface area contributed by atoms with Crippen LogP contribution in [0.15, 0.2) is 24.3 Å². The number of morpholine rings is 1. The van der Waals surface area contributed by atoms with Crippen LogP contribution in [-0.2, 0) is 9.47 Å². The van der Waals surface area contributed by atoms with E-state index in [0.29, 0.717) is 25.1 Å². The number of benzene rings is 1. The number of carbonyl (C=O) groups is 1. The molecule has 0 aliphatic carbocycles. The Balaban J connectivity index is 1.48. The normalized spacial score (nSPS) is 26.2. The van der Waals surface area contributed by atoms with Crippen LogP contribution in [0.4, 0.5) is 4.39 Å². The lowest BCUT2D eigenvalue weighted by Crippen LogP contribution is -2.48. The summed E-state index contributed by atoms with van der Waals surface area (Å²) in [5.74, 6) is -0.260. The minimum atomic E-state index is -0.316. The van der Waals surface area contributed by atoms with Gasteiger partial charge in [0.2, 0.25) is 0 Å². The largest absolute Gasteiger partial charge is 0.375 e. The molecular weight excluding hydrogens is 285 g/mol. The molecule has 0 bridgehead atoms. The van der Waals surface area contributed by atoms with Crippen molar-refractivity contribution < 1.29 is 18.7 Å². The summed E-state index contributed by atoms with van der Waals surface area (Å²) in [7, 11) is 0. The third-order valence-electron chi connectivity index (χ3n) is 4.38. The Morgan fingerprint density at radius 3 is 2.68 bits per heavy atom. The first kappa shape index (κ1) is 15.6. The first-order chi connectivity index (χ1) is 10.7. The monoisotopic (exact) mass is 307 g/mol. The predicted octanol–water partition coefficient (Wildman–Crippen LogP) is 2.28. The highest BCUT2D eigenvalue weighted by atomic mass is 19.1. The van der Waals surface area contributed by atoms with Gasteiger partial charge in [-0.15, -0.1) is 0 Å². The van der Waals surface area contributed by atoms with Gasteiger partial charge in [0.1, 0.15) is 5.82 Å². The Bertz CT molecular complexity index is 499. The molecule has 4 nitrogen and oxygen atoms in total. The van der Waals surface area contributed by atoms with Crippen molar-refractivity contribution in [3.63, 3.8) is 0 Å². The summed E-state index contributed by atoms with van der Waals surface area (Å²) in [6.45, 7) is 3.90. The second-order valence-corrected chi connectivity index (χ2v) is 5.94. The molecular formula is C17H22FNO3. The fourth-order valence-corrected chi connectivity index (χ4v) is 3.10. The van der Waals surface area contributed by atoms with Crippen LogP contribution >= 0.6 is 0 Å². The Labute approximate surface area is 130 Å². The summed E-state index contributed by atoms with van der Waals surface area (Å²) in [5.41, 5.74) is 0.574. The molecule has 2 unspecified atom stereocenters. The van der Waals surface area contributed by atoms with Crippen LogP contribution in [0.3, 0.4) is 0 Å². The second-order valence-electron chi connectivity index (χ2n) is 5.94. The van der Waals surface area contributed by atoms with Gasteiger partial charge < -0.3 is 9.47 Å². The average molecular weight is 307 g/mol. The van der Waals surface area contributed by atoms with E-state index in [1.165, 1.54) is 12.1 Å². The lowest BCUT2D eigenvalue weighted by atomic mass is 10.1. The van der Waals surface area contributed by atoms with E-state index < -0.39 is 0 Å². The van der Waals surface area contributed by atoms with Gasteiger partial charge in [-0.25, -0.2) is 4.39 Å². The topological polar surface area (TPSA) is 38.8 Å². The van der Waals surface area contributed by atoms with Gasteiger partial charge in [-0.05, 0) is 37.1 Å². The van der Waals surface area contributed by atoms with Crippen LogP contribution in [0.2, 0.25) is 0 Å². The Hall–Kier alpha value is -1.30. The van der Waals surface area contributed by atoms with Crippen molar-refractivity contribution in [1.29, 1.82) is 0 Å². The molecule has 2 fully saturated rings. The zero-order chi connectivity index (χ0) is 15.4. The number of rotatable bonds is 5. The van der Waals surface area contributed by atoms with Gasteiger partial charge in [0.25, 0.3) is 0 Å². The van der Waals surface area contributed by atoms with Gasteiger partial charge in [0.05, 0.1) is 18.8 Å². The molecule has 0 aromatic heterocycles. The van der Waals surface area contributed by atoms with Gasteiger partial charge in [-0.2, -0.15) is 0 Å². The van der Waals surface area contributed by atoms with Crippen LogP contribution in [0.1, 0.15) is 29.6 Å². The minimum Gasteiger partial charge on any atom is -0.375 e. The average Bonchev–Trinajstić information content (AvgIpc) is 3.08. The first-order valence-corrected chi connectivity index (χ1v) is 7.97. The van der Waals surface area contributed by atoms with Crippen LogP contribution in [0, 0.1) is 5.82 Å². The van der Waals surface area contributed by atoms with Crippen molar-refractivity contribution in [2.45, 2.75) is 31.5 Å². The minimum absolute atomic E-state index is 0.0557. The van der Waals surface area contributed by atoms with E-state index in [1.807, 2.05) is 0 Å². The molecule has 1 aromatic rings. The van der Waals surface area contributed by atoms with Crippen molar-refractivity contribution in [2.24, 2.45) is 0 Å². The number of nitrogens with zero attached hydrogens (tertiary/aromatic N) is 1. The molecule has 0 N–H and O–H groups in total. The standard InChI is InChI=1S/C17H22FNO3/c18-14-5-3-13(4-6-14)15(20)7-8-19-9-11-22-17(12-19)16-2-1-10-21-16/h3-6,16-17H,1-2,7-12H2. The highest BCUT2D eigenvalue weighted by molar-refractivity contribution is 5.96. The highest BCUT2D eigenvalue weighted by Crippen LogP contribution is 2.21. The van der Waals surface area contributed by atoms with Crippen molar-refractivity contribution in [3.8, 4) is 0 Å². The van der Waals surface area contributed by atoms with E-state index in [1.54, 1.807) is 12.1 Å². The smallest absolute Gasteiger partial charge is 0.164 e. The molecule has 2 saturated heterocycles. The summed E-state index contributed by atoms with van der Waals surface area (Å²) < 4.78 is 24.4. The lowest BCUT2D eigenvalue weighted by molar-refractivity contribution is -0.0939. The second kappa shape index (κ2) is 7.31. The molecule has 2 atom stereocenters. The number of halogens is 1. The first-order valence-electron chi connectivity index (χ1n) is 7.97. The molecule has 0 spiro atoms. The number of ether oxygens (including phenoxy) is 2. The summed E-state index contributed by atoms with van der Waals surface area (Å²) in [4.78, 5) is 14.4. The van der Waals surface area contributed by atoms with E-state index in [-0.39, 0.29) is 23.8 Å². The maximum Gasteiger partial charge on any atom is 0.164 e. The van der Waals surface area contributed by atoms with E-state index in [0.717, 1.165) is 32.5 Å². The number of carbonyl (C=O) groups excluding carboxylic acids is 1. The van der Waals surface area contributed by atoms with E-state index in [2.05, 4.69) is 4.90 Å². The quantitative estimate of drug-likeness (QED) is 0.782. The molecule has 2 heterocycles. The van der Waals surface area contributed by atoms with E-state index >= 15 is 0 Å². The third kappa shape index (κ3) is 3.91. The molecule has 0 amide bonds. The predicted molar refractivity (Wildman–Crippen MR) is 80.5 cm³/mol. The summed E-state index contributed by atoms with van der Waals surface area (Å²) in [6, 6.07) is 5.75. The molecule has 0 radical (unpaired) electrons. The zero-order valence-electron chi connectivity index (χ0n) is 12.7. The molecule has 3 rings (SSSR count). The molecule has 22 heavy (non-hydrogen) atoms. The van der Waals surface area contributed by atoms with E-state index in [4.69, 9.17) is 9.47 Å². The number of hydrogen-bond donors (Lipinski definition) is 0. The van der Waals surface area contributed by atoms with E-state index in [9.17, 15) is 9.18 Å². The highest BCUT2D eigenvalue weighted by Gasteiger charge is 2.31. The van der Waals surface area contributed by atoms with Crippen molar-refractivity contribution in [2.75, 3.05) is 32.8 Å². The molecule has 2 aliphatic rings. The Kier molecular flexibility index (Phi) is 5.18. The summed E-state index contributed by atoms with van der Waals surface area (Å²) in [5, 5.41) is 0. The van der Waals surface area contributed by atoms with Crippen LogP contribution in [-0.4, -0.2) is 55.7 Å². The summed E-state index contributed by atoms with van der Waals surface area (Å²) >= 11 is 0. The Morgan fingerprint density at radius 1 is 1.18 bits per heavy atom. The molecule has 1 aromatic carbocycles. The van der Waals surface area contributed by atoms with Gasteiger partial charge in [0, 0.05) is 38.2 Å². The van der Waals surface area contributed by atoms with Gasteiger partial charge in [0.15, 0.2) is 5.78 Å². The lowest BCUT2D eigenvalue weighted by Gasteiger charge is -2.35. The third-order valence-corrected chi connectivity index (χ3v) is 4.38. The van der Waals surface area contributed by atoms with Crippen LogP contribution in [0.5, 0.6) is 0 Å². The zero-order valence-corrected chi connectivity index (χ0v) is 12.7. The Morgan fingerprint density at radius 2 is 1.95 bits per heavy atom. The molecule has 5 heteroatoms. The van der Waals surface area contributed by atoms with Crippen LogP contribution in [0.25, 0.3) is 0 Å². The van der Waals surface area contributed by atoms with Crippen molar-refractivity contribution >= 4 is 5.78 Å². The van der Waals surface area contributed by atoms with Gasteiger partial charge in [-0.3, -0.25) is 9.69 Å². The summed E-state index contributed by atoms with van der Waals surface area (Å²) in [6.07, 6.45) is 2.94. The fourth-order valence-electron chi connectivity index (χ4n) is 3.10. The van der Waals surface area contributed by atoms with Crippen LogP contribution < -0.4 is 0 Å². The molecule has 0 saturated carbocycles. The molecule has 120 valence electrons. The van der Waals surface area contributed by atoms with Crippen molar-refractivity contribution in [1.82, 2.24) is 4.90 Å². The number of ketones is 1.